The molecule has 1 saturated heterocycles. The van der Waals surface area contributed by atoms with Gasteiger partial charge >= 0.3 is 5.97 Å². The van der Waals surface area contributed by atoms with Crippen LogP contribution in [0.2, 0.25) is 5.02 Å². The van der Waals surface area contributed by atoms with Crippen molar-refractivity contribution in [3.63, 3.8) is 0 Å². The highest BCUT2D eigenvalue weighted by Crippen LogP contribution is 2.33. The zero-order valence-electron chi connectivity index (χ0n) is 11.0. The van der Waals surface area contributed by atoms with Gasteiger partial charge in [-0.2, -0.15) is 0 Å². The molecule has 1 heterocycles. The van der Waals surface area contributed by atoms with Crippen LogP contribution in [0.5, 0.6) is 0 Å². The zero-order valence-corrected chi connectivity index (χ0v) is 12.6. The molecule has 5 heteroatoms. The Balaban J connectivity index is 2.20. The van der Waals surface area contributed by atoms with Gasteiger partial charge in [-0.3, -0.25) is 4.79 Å². The first kappa shape index (κ1) is 14.7. The van der Waals surface area contributed by atoms with Gasteiger partial charge in [0, 0.05) is 10.8 Å². The van der Waals surface area contributed by atoms with Crippen LogP contribution in [0.15, 0.2) is 23.1 Å². The van der Waals surface area contributed by atoms with E-state index in [-0.39, 0.29) is 11.9 Å². The monoisotopic (exact) mass is 300 g/mol. The van der Waals surface area contributed by atoms with Crippen molar-refractivity contribution in [1.29, 1.82) is 0 Å². The number of benzene rings is 1. The molecule has 0 saturated carbocycles. The van der Waals surface area contributed by atoms with Crippen LogP contribution >= 0.6 is 23.4 Å². The van der Waals surface area contributed by atoms with Gasteiger partial charge in [0.15, 0.2) is 0 Å². The minimum atomic E-state index is -0.257. The Hall–Kier alpha value is -0.710. The highest BCUT2D eigenvalue weighted by atomic mass is 35.5. The molecule has 1 aromatic rings. The summed E-state index contributed by atoms with van der Waals surface area (Å²) < 4.78 is 10.1. The maximum absolute atomic E-state index is 11.9. The van der Waals surface area contributed by atoms with E-state index in [4.69, 9.17) is 21.1 Å². The van der Waals surface area contributed by atoms with E-state index in [1.807, 2.05) is 24.5 Å². The van der Waals surface area contributed by atoms with E-state index >= 15 is 0 Å². The molecule has 0 spiro atoms. The summed E-state index contributed by atoms with van der Waals surface area (Å²) in [5.74, 6) is -0.0322. The number of hydrogen-bond donors (Lipinski definition) is 0. The summed E-state index contributed by atoms with van der Waals surface area (Å²) in [7, 11) is 1.42. The molecule has 0 amide bonds. The van der Waals surface area contributed by atoms with Crippen LogP contribution in [0.4, 0.5) is 0 Å². The standard InChI is InChI=1S/C14H17ClO3S/c1-17-14(16)11(5-9-7-18-8-9)10-3-4-13(19-2)12(15)6-10/h3-4,6,9,11H,5,7-8H2,1-2H3. The van der Waals surface area contributed by atoms with E-state index in [0.717, 1.165) is 30.1 Å². The Morgan fingerprint density at radius 3 is 2.79 bits per heavy atom. The number of ether oxygens (including phenoxy) is 2. The molecule has 2 rings (SSSR count). The highest BCUT2D eigenvalue weighted by molar-refractivity contribution is 7.98. The van der Waals surface area contributed by atoms with E-state index < -0.39 is 0 Å². The first-order valence-corrected chi connectivity index (χ1v) is 7.75. The SMILES string of the molecule is COC(=O)C(CC1COC1)c1ccc(SC)c(Cl)c1. The van der Waals surface area contributed by atoms with Gasteiger partial charge in [-0.05, 0) is 30.4 Å². The van der Waals surface area contributed by atoms with Gasteiger partial charge in [0.05, 0.1) is 31.3 Å². The molecule has 104 valence electrons. The summed E-state index contributed by atoms with van der Waals surface area (Å²) in [6.07, 6.45) is 2.73. The lowest BCUT2D eigenvalue weighted by Gasteiger charge is -2.29. The molecule has 3 nitrogen and oxygen atoms in total. The highest BCUT2D eigenvalue weighted by Gasteiger charge is 2.29. The van der Waals surface area contributed by atoms with E-state index in [9.17, 15) is 4.79 Å². The van der Waals surface area contributed by atoms with E-state index in [2.05, 4.69) is 0 Å². The fraction of sp³-hybridized carbons (Fsp3) is 0.500. The van der Waals surface area contributed by atoms with Gasteiger partial charge in [0.1, 0.15) is 0 Å². The first-order valence-electron chi connectivity index (χ1n) is 6.14. The van der Waals surface area contributed by atoms with Gasteiger partial charge in [0.2, 0.25) is 0 Å². The van der Waals surface area contributed by atoms with Crippen LogP contribution < -0.4 is 0 Å². The summed E-state index contributed by atoms with van der Waals surface area (Å²) in [6, 6.07) is 5.78. The van der Waals surface area contributed by atoms with Crippen LogP contribution in [0.1, 0.15) is 17.9 Å². The third-order valence-electron chi connectivity index (χ3n) is 3.34. The summed E-state index contributed by atoms with van der Waals surface area (Å²) in [4.78, 5) is 13.0. The Bertz CT molecular complexity index is 460. The molecule has 1 unspecified atom stereocenters. The lowest BCUT2D eigenvalue weighted by atomic mass is 9.88. The number of hydrogen-bond acceptors (Lipinski definition) is 4. The van der Waals surface area contributed by atoms with Crippen LogP contribution in [0.25, 0.3) is 0 Å². The zero-order chi connectivity index (χ0) is 13.8. The van der Waals surface area contributed by atoms with Gasteiger partial charge in [-0.1, -0.05) is 17.7 Å². The third-order valence-corrected chi connectivity index (χ3v) is 4.56. The predicted molar refractivity (Wildman–Crippen MR) is 76.9 cm³/mol. The number of methoxy groups -OCH3 is 1. The van der Waals surface area contributed by atoms with Gasteiger partial charge < -0.3 is 9.47 Å². The molecule has 1 aliphatic rings. The van der Waals surface area contributed by atoms with Crippen molar-refractivity contribution in [2.75, 3.05) is 26.6 Å². The van der Waals surface area contributed by atoms with Gasteiger partial charge in [-0.25, -0.2) is 0 Å². The molecule has 0 radical (unpaired) electrons. The smallest absolute Gasteiger partial charge is 0.313 e. The second-order valence-electron chi connectivity index (χ2n) is 4.61. The van der Waals surface area contributed by atoms with E-state index in [1.54, 1.807) is 11.8 Å². The summed E-state index contributed by atoms with van der Waals surface area (Å²) in [5.41, 5.74) is 0.918. The maximum atomic E-state index is 11.9. The molecule has 1 aromatic carbocycles. The number of thioether (sulfide) groups is 1. The van der Waals surface area contributed by atoms with Crippen LogP contribution in [0.3, 0.4) is 0 Å². The van der Waals surface area contributed by atoms with Crippen molar-refractivity contribution < 1.29 is 14.3 Å². The third kappa shape index (κ3) is 3.44. The minimum absolute atomic E-state index is 0.208. The van der Waals surface area contributed by atoms with Crippen molar-refractivity contribution in [2.45, 2.75) is 17.2 Å². The average Bonchev–Trinajstić information content (AvgIpc) is 2.37. The number of halogens is 1. The molecular formula is C14H17ClO3S. The fourth-order valence-corrected chi connectivity index (χ4v) is 3.04. The van der Waals surface area contributed by atoms with Crippen molar-refractivity contribution in [1.82, 2.24) is 0 Å². The largest absolute Gasteiger partial charge is 0.469 e. The van der Waals surface area contributed by atoms with Gasteiger partial charge in [0.25, 0.3) is 0 Å². The Kier molecular flexibility index (Phi) is 5.13. The molecule has 1 atom stereocenters. The Labute approximate surface area is 122 Å². The first-order chi connectivity index (χ1) is 9.15. The molecule has 0 aromatic heterocycles. The Morgan fingerprint density at radius 2 is 2.32 bits per heavy atom. The molecule has 1 fully saturated rings. The molecule has 0 aliphatic carbocycles. The normalized spacial score (nSPS) is 16.8. The lowest BCUT2D eigenvalue weighted by molar-refractivity contribution is -0.144. The van der Waals surface area contributed by atoms with Crippen molar-refractivity contribution in [2.24, 2.45) is 5.92 Å². The van der Waals surface area contributed by atoms with Crippen LogP contribution in [-0.2, 0) is 14.3 Å². The number of esters is 1. The number of rotatable bonds is 5. The summed E-state index contributed by atoms with van der Waals surface area (Å²) in [6.45, 7) is 1.45. The number of carbonyl (C=O) groups is 1. The molecule has 1 aliphatic heterocycles. The lowest BCUT2D eigenvalue weighted by Crippen LogP contribution is -2.31. The topological polar surface area (TPSA) is 35.5 Å². The molecular weight excluding hydrogens is 284 g/mol. The van der Waals surface area contributed by atoms with Gasteiger partial charge in [-0.15, -0.1) is 11.8 Å². The maximum Gasteiger partial charge on any atom is 0.313 e. The quantitative estimate of drug-likeness (QED) is 0.617. The van der Waals surface area contributed by atoms with E-state index in [0.29, 0.717) is 10.9 Å². The second-order valence-corrected chi connectivity index (χ2v) is 5.86. The van der Waals surface area contributed by atoms with E-state index in [1.165, 1.54) is 7.11 Å². The van der Waals surface area contributed by atoms with Crippen molar-refractivity contribution >= 4 is 29.3 Å². The molecule has 0 bridgehead atoms. The van der Waals surface area contributed by atoms with Crippen molar-refractivity contribution in [3.05, 3.63) is 28.8 Å². The predicted octanol–water partition coefficient (Wildman–Crippen LogP) is 3.36. The Morgan fingerprint density at radius 1 is 1.58 bits per heavy atom. The summed E-state index contributed by atoms with van der Waals surface area (Å²) in [5, 5.41) is 0.684. The summed E-state index contributed by atoms with van der Waals surface area (Å²) >= 11 is 7.80. The van der Waals surface area contributed by atoms with Crippen LogP contribution in [0, 0.1) is 5.92 Å². The van der Waals surface area contributed by atoms with Crippen LogP contribution in [-0.4, -0.2) is 32.5 Å². The second kappa shape index (κ2) is 6.64. The molecule has 0 N–H and O–H groups in total. The fourth-order valence-electron chi connectivity index (χ4n) is 2.16. The van der Waals surface area contributed by atoms with Crippen molar-refractivity contribution in [3.8, 4) is 0 Å². The minimum Gasteiger partial charge on any atom is -0.469 e. The number of carbonyl (C=O) groups excluding carboxylic acids is 1. The molecule has 19 heavy (non-hydrogen) atoms. The average molecular weight is 301 g/mol.